The Morgan fingerprint density at radius 1 is 1.04 bits per heavy atom. The van der Waals surface area contributed by atoms with E-state index in [1.165, 1.54) is 17.8 Å². The number of aromatic nitrogens is 1. The third kappa shape index (κ3) is 3.91. The maximum atomic E-state index is 13.1. The monoisotopic (exact) mass is 379 g/mol. The minimum Gasteiger partial charge on any atom is -0.441 e. The van der Waals surface area contributed by atoms with Crippen LogP contribution in [0.1, 0.15) is 11.5 Å². The fraction of sp³-hybridized carbons (Fsp3) is 0.273. The van der Waals surface area contributed by atoms with Crippen LogP contribution in [-0.2, 0) is 11.2 Å². The summed E-state index contributed by atoms with van der Waals surface area (Å²) in [6, 6.07) is 16.2. The minimum absolute atomic E-state index is 0.0507. The summed E-state index contributed by atoms with van der Waals surface area (Å²) in [5.41, 5.74) is 2.51. The highest BCUT2D eigenvalue weighted by Gasteiger charge is 2.23. The lowest BCUT2D eigenvalue weighted by molar-refractivity contribution is -0.130. The Kier molecular flexibility index (Phi) is 5.10. The van der Waals surface area contributed by atoms with E-state index in [-0.39, 0.29) is 18.1 Å². The van der Waals surface area contributed by atoms with Crippen molar-refractivity contribution in [3.8, 4) is 11.5 Å². The van der Waals surface area contributed by atoms with Gasteiger partial charge in [-0.15, -0.1) is 0 Å². The maximum absolute atomic E-state index is 13.1. The molecule has 144 valence electrons. The third-order valence-electron chi connectivity index (χ3n) is 5.06. The van der Waals surface area contributed by atoms with Gasteiger partial charge in [-0.25, -0.2) is 9.37 Å². The molecule has 1 amide bonds. The topological polar surface area (TPSA) is 49.6 Å². The van der Waals surface area contributed by atoms with Gasteiger partial charge in [-0.2, -0.15) is 0 Å². The van der Waals surface area contributed by atoms with Crippen LogP contribution in [0.3, 0.4) is 0 Å². The average molecular weight is 379 g/mol. The number of carbonyl (C=O) groups excluding carboxylic acids is 1. The number of oxazole rings is 1. The van der Waals surface area contributed by atoms with Crippen molar-refractivity contribution in [2.45, 2.75) is 13.3 Å². The van der Waals surface area contributed by atoms with Crippen molar-refractivity contribution in [1.29, 1.82) is 0 Å². The van der Waals surface area contributed by atoms with Crippen LogP contribution < -0.4 is 4.90 Å². The number of benzene rings is 2. The van der Waals surface area contributed by atoms with Gasteiger partial charge in [0.05, 0.1) is 12.1 Å². The molecule has 0 radical (unpaired) electrons. The van der Waals surface area contributed by atoms with Gasteiger partial charge in [-0.1, -0.05) is 18.2 Å². The summed E-state index contributed by atoms with van der Waals surface area (Å²) < 4.78 is 18.8. The zero-order valence-electron chi connectivity index (χ0n) is 15.8. The van der Waals surface area contributed by atoms with Gasteiger partial charge < -0.3 is 14.2 Å². The lowest BCUT2D eigenvalue weighted by Crippen LogP contribution is -2.49. The van der Waals surface area contributed by atoms with E-state index in [0.717, 1.165) is 13.1 Å². The summed E-state index contributed by atoms with van der Waals surface area (Å²) in [6.45, 7) is 4.81. The number of halogens is 1. The van der Waals surface area contributed by atoms with E-state index in [1.807, 2.05) is 23.1 Å². The van der Waals surface area contributed by atoms with E-state index in [9.17, 15) is 9.18 Å². The molecule has 5 nitrogen and oxygen atoms in total. The quantitative estimate of drug-likeness (QED) is 0.694. The second-order valence-electron chi connectivity index (χ2n) is 6.91. The number of para-hydroxylation sites is 1. The number of hydrogen-bond donors (Lipinski definition) is 0. The van der Waals surface area contributed by atoms with Crippen LogP contribution in [0.15, 0.2) is 59.0 Å². The van der Waals surface area contributed by atoms with Crippen molar-refractivity contribution >= 4 is 11.6 Å². The molecular weight excluding hydrogens is 357 g/mol. The Balaban J connectivity index is 1.38. The second kappa shape index (κ2) is 7.84. The molecule has 0 spiro atoms. The molecule has 2 heterocycles. The molecule has 1 saturated heterocycles. The molecule has 2 aromatic carbocycles. The summed E-state index contributed by atoms with van der Waals surface area (Å²) >= 11 is 0. The first-order valence-electron chi connectivity index (χ1n) is 9.40. The van der Waals surface area contributed by atoms with E-state index >= 15 is 0 Å². The molecule has 6 heteroatoms. The molecule has 0 saturated carbocycles. The van der Waals surface area contributed by atoms with Crippen LogP contribution in [0, 0.1) is 12.7 Å². The Bertz CT molecular complexity index is 946. The highest BCUT2D eigenvalue weighted by molar-refractivity contribution is 5.79. The smallest absolute Gasteiger partial charge is 0.228 e. The van der Waals surface area contributed by atoms with Gasteiger partial charge in [0.2, 0.25) is 11.8 Å². The summed E-state index contributed by atoms with van der Waals surface area (Å²) in [5, 5.41) is 0. The molecule has 1 aromatic heterocycles. The molecular formula is C22H22FN3O2. The van der Waals surface area contributed by atoms with Crippen molar-refractivity contribution in [1.82, 2.24) is 9.88 Å². The van der Waals surface area contributed by atoms with E-state index in [0.29, 0.717) is 36.0 Å². The number of piperazine rings is 1. The number of aryl methyl sites for hydroxylation is 1. The standard InChI is InChI=1S/C22H22FN3O2/c1-16-20(24-22(28-16)17-7-9-18(23)10-8-17)15-21(27)26-13-11-25(12-14-26)19-5-3-2-4-6-19/h2-10H,11-15H2,1H3. The van der Waals surface area contributed by atoms with Gasteiger partial charge in [0.25, 0.3) is 0 Å². The second-order valence-corrected chi connectivity index (χ2v) is 6.91. The number of anilines is 1. The number of carbonyl (C=O) groups is 1. The number of nitrogens with zero attached hydrogens (tertiary/aromatic N) is 3. The van der Waals surface area contributed by atoms with E-state index < -0.39 is 0 Å². The van der Waals surface area contributed by atoms with Crippen molar-refractivity contribution in [2.75, 3.05) is 31.1 Å². The Labute approximate surface area is 163 Å². The minimum atomic E-state index is -0.308. The largest absolute Gasteiger partial charge is 0.441 e. The Morgan fingerprint density at radius 2 is 1.71 bits per heavy atom. The first kappa shape index (κ1) is 18.2. The SMILES string of the molecule is Cc1oc(-c2ccc(F)cc2)nc1CC(=O)N1CCN(c2ccccc2)CC1. The zero-order chi connectivity index (χ0) is 19.5. The van der Waals surface area contributed by atoms with E-state index in [4.69, 9.17) is 4.42 Å². The molecule has 28 heavy (non-hydrogen) atoms. The lowest BCUT2D eigenvalue weighted by atomic mass is 10.2. The fourth-order valence-electron chi connectivity index (χ4n) is 3.42. The van der Waals surface area contributed by atoms with Gasteiger partial charge in [0.1, 0.15) is 11.6 Å². The summed E-state index contributed by atoms with van der Waals surface area (Å²) in [5.74, 6) is 0.775. The molecule has 0 aliphatic carbocycles. The van der Waals surface area contributed by atoms with Crippen LogP contribution in [0.25, 0.3) is 11.5 Å². The molecule has 1 fully saturated rings. The number of hydrogen-bond acceptors (Lipinski definition) is 4. The van der Waals surface area contributed by atoms with Gasteiger partial charge in [0.15, 0.2) is 0 Å². The predicted octanol–water partition coefficient (Wildman–Crippen LogP) is 3.68. The molecule has 1 aliphatic rings. The molecule has 4 rings (SSSR count). The van der Waals surface area contributed by atoms with Gasteiger partial charge in [-0.3, -0.25) is 4.79 Å². The van der Waals surface area contributed by atoms with Gasteiger partial charge >= 0.3 is 0 Å². The molecule has 0 atom stereocenters. The predicted molar refractivity (Wildman–Crippen MR) is 106 cm³/mol. The maximum Gasteiger partial charge on any atom is 0.228 e. The summed E-state index contributed by atoms with van der Waals surface area (Å²) in [6.07, 6.45) is 0.210. The van der Waals surface area contributed by atoms with Crippen LogP contribution >= 0.6 is 0 Å². The lowest BCUT2D eigenvalue weighted by Gasteiger charge is -2.36. The van der Waals surface area contributed by atoms with Gasteiger partial charge in [0, 0.05) is 37.4 Å². The molecule has 1 aliphatic heterocycles. The summed E-state index contributed by atoms with van der Waals surface area (Å²) in [7, 11) is 0. The van der Waals surface area contributed by atoms with Crippen molar-refractivity contribution in [3.63, 3.8) is 0 Å². The molecule has 3 aromatic rings. The first-order chi connectivity index (χ1) is 13.6. The van der Waals surface area contributed by atoms with Crippen LogP contribution in [0.2, 0.25) is 0 Å². The van der Waals surface area contributed by atoms with Crippen molar-refractivity contribution < 1.29 is 13.6 Å². The van der Waals surface area contributed by atoms with Crippen molar-refractivity contribution in [2.24, 2.45) is 0 Å². The highest BCUT2D eigenvalue weighted by Crippen LogP contribution is 2.23. The normalized spacial score (nSPS) is 14.4. The third-order valence-corrected chi connectivity index (χ3v) is 5.06. The fourth-order valence-corrected chi connectivity index (χ4v) is 3.42. The number of amides is 1. The van der Waals surface area contributed by atoms with Crippen LogP contribution in [0.4, 0.5) is 10.1 Å². The Morgan fingerprint density at radius 3 is 2.39 bits per heavy atom. The summed E-state index contributed by atoms with van der Waals surface area (Å²) in [4.78, 5) is 21.4. The van der Waals surface area contributed by atoms with E-state index in [2.05, 4.69) is 22.0 Å². The highest BCUT2D eigenvalue weighted by atomic mass is 19.1. The van der Waals surface area contributed by atoms with E-state index in [1.54, 1.807) is 19.1 Å². The average Bonchev–Trinajstić information content (AvgIpc) is 3.09. The van der Waals surface area contributed by atoms with Crippen LogP contribution in [0.5, 0.6) is 0 Å². The van der Waals surface area contributed by atoms with Crippen LogP contribution in [-0.4, -0.2) is 42.0 Å². The van der Waals surface area contributed by atoms with Gasteiger partial charge in [-0.05, 0) is 43.3 Å². The molecule has 0 bridgehead atoms. The first-order valence-corrected chi connectivity index (χ1v) is 9.40. The Hall–Kier alpha value is -3.15. The molecule has 0 unspecified atom stereocenters. The number of rotatable bonds is 4. The van der Waals surface area contributed by atoms with Crippen molar-refractivity contribution in [3.05, 3.63) is 71.9 Å². The molecule has 0 N–H and O–H groups in total. The zero-order valence-corrected chi connectivity index (χ0v) is 15.8.